The van der Waals surface area contributed by atoms with E-state index in [2.05, 4.69) is 52.4 Å². The third-order valence-electron chi connectivity index (χ3n) is 9.07. The zero-order valence-electron chi connectivity index (χ0n) is 24.7. The fraction of sp³-hybridized carbons (Fsp3) is 0.324. The molecule has 1 fully saturated rings. The Bertz CT molecular complexity index is 1760. The summed E-state index contributed by atoms with van der Waals surface area (Å²) >= 11 is 0. The van der Waals surface area contributed by atoms with E-state index in [0.29, 0.717) is 12.2 Å². The van der Waals surface area contributed by atoms with Crippen molar-refractivity contribution >= 4 is 27.8 Å². The van der Waals surface area contributed by atoms with Crippen molar-refractivity contribution in [3.05, 3.63) is 113 Å². The van der Waals surface area contributed by atoms with Gasteiger partial charge in [0.1, 0.15) is 17.4 Å². The average Bonchev–Trinajstić information content (AvgIpc) is 3.16. The molecule has 0 radical (unpaired) electrons. The Balaban J connectivity index is 1.32. The van der Waals surface area contributed by atoms with E-state index >= 15 is 0 Å². The third-order valence-corrected chi connectivity index (χ3v) is 9.07. The molecule has 1 aliphatic rings. The number of fused-ring (bicyclic) bond motifs is 3. The normalized spacial score (nSPS) is 15.6. The summed E-state index contributed by atoms with van der Waals surface area (Å²) in [7, 11) is 0. The largest absolute Gasteiger partial charge is 0.394 e. The topological polar surface area (TPSA) is 90.9 Å². The van der Waals surface area contributed by atoms with E-state index < -0.39 is 6.04 Å². The highest BCUT2D eigenvalue weighted by molar-refractivity contribution is 6.08. The van der Waals surface area contributed by atoms with E-state index in [1.54, 1.807) is 0 Å². The summed E-state index contributed by atoms with van der Waals surface area (Å²) in [6.45, 7) is 2.49. The molecule has 1 amide bonds. The summed E-state index contributed by atoms with van der Waals surface area (Å²) < 4.78 is 2.19. The minimum absolute atomic E-state index is 0.0198. The van der Waals surface area contributed by atoms with Crippen LogP contribution in [0.4, 0.5) is 0 Å². The predicted octanol–water partition coefficient (Wildman–Crippen LogP) is 7.32. The second-order valence-electron chi connectivity index (χ2n) is 11.9. The van der Waals surface area contributed by atoms with Gasteiger partial charge in [-0.1, -0.05) is 98.5 Å². The number of aromatic nitrogens is 2. The van der Waals surface area contributed by atoms with Crippen molar-refractivity contribution in [1.82, 2.24) is 14.9 Å². The maximum Gasteiger partial charge on any atom is 0.228 e. The molecule has 0 saturated heterocycles. The smallest absolute Gasteiger partial charge is 0.228 e. The van der Waals surface area contributed by atoms with Crippen LogP contribution in [-0.2, 0) is 11.3 Å². The van der Waals surface area contributed by atoms with Crippen molar-refractivity contribution in [3.8, 4) is 6.07 Å². The molecule has 0 bridgehead atoms. The molecule has 2 aromatic heterocycles. The lowest BCUT2D eigenvalue weighted by Crippen LogP contribution is -2.37. The van der Waals surface area contributed by atoms with Gasteiger partial charge in [0.25, 0.3) is 0 Å². The molecule has 6 rings (SSSR count). The summed E-state index contributed by atoms with van der Waals surface area (Å²) in [5.74, 6) is -0.0355. The van der Waals surface area contributed by atoms with Crippen LogP contribution in [0.5, 0.6) is 0 Å². The van der Waals surface area contributed by atoms with Crippen LogP contribution in [-0.4, -0.2) is 27.2 Å². The lowest BCUT2D eigenvalue weighted by atomic mass is 9.80. The first-order valence-electron chi connectivity index (χ1n) is 15.4. The van der Waals surface area contributed by atoms with Crippen LogP contribution in [0.25, 0.3) is 21.9 Å². The van der Waals surface area contributed by atoms with Crippen LogP contribution in [0, 0.1) is 24.2 Å². The fourth-order valence-corrected chi connectivity index (χ4v) is 6.91. The van der Waals surface area contributed by atoms with Crippen molar-refractivity contribution in [2.45, 2.75) is 64.0 Å². The van der Waals surface area contributed by atoms with Crippen LogP contribution in [0.2, 0.25) is 0 Å². The Hall–Kier alpha value is -4.47. The average molecular weight is 571 g/mol. The summed E-state index contributed by atoms with van der Waals surface area (Å²) in [6, 6.07) is 30.1. The van der Waals surface area contributed by atoms with Crippen LogP contribution < -0.4 is 5.32 Å². The van der Waals surface area contributed by atoms with Crippen LogP contribution >= 0.6 is 0 Å². The molecular weight excluding hydrogens is 532 g/mol. The molecule has 1 aliphatic carbocycles. The van der Waals surface area contributed by atoms with Crippen molar-refractivity contribution in [1.29, 1.82) is 5.26 Å². The molecule has 3 aromatic carbocycles. The lowest BCUT2D eigenvalue weighted by Gasteiger charge is -2.28. The van der Waals surface area contributed by atoms with E-state index in [1.807, 2.05) is 55.5 Å². The van der Waals surface area contributed by atoms with Gasteiger partial charge in [-0.15, -0.1) is 0 Å². The van der Waals surface area contributed by atoms with E-state index in [0.717, 1.165) is 69.9 Å². The summed E-state index contributed by atoms with van der Waals surface area (Å²) in [6.07, 6.45) is 6.77. The highest BCUT2D eigenvalue weighted by atomic mass is 16.3. The monoisotopic (exact) mass is 570 g/mol. The number of hydrogen-bond donors (Lipinski definition) is 2. The predicted molar refractivity (Wildman–Crippen MR) is 171 cm³/mol. The van der Waals surface area contributed by atoms with Gasteiger partial charge < -0.3 is 15.0 Å². The van der Waals surface area contributed by atoms with Crippen molar-refractivity contribution in [3.63, 3.8) is 0 Å². The Labute approximate surface area is 253 Å². The number of nitriles is 1. The number of amides is 1. The maximum absolute atomic E-state index is 14.0. The Morgan fingerprint density at radius 1 is 0.977 bits per heavy atom. The number of para-hydroxylation sites is 1. The van der Waals surface area contributed by atoms with Gasteiger partial charge in [-0.25, -0.2) is 4.98 Å². The van der Waals surface area contributed by atoms with Gasteiger partial charge in [0, 0.05) is 17.3 Å². The van der Waals surface area contributed by atoms with Crippen LogP contribution in [0.1, 0.15) is 78.4 Å². The minimum atomic E-state index is -0.439. The molecule has 2 atom stereocenters. The second kappa shape index (κ2) is 12.8. The number of carbonyl (C=O) groups is 1. The van der Waals surface area contributed by atoms with Crippen molar-refractivity contribution in [2.75, 3.05) is 6.61 Å². The van der Waals surface area contributed by atoms with Gasteiger partial charge in [-0.05, 0) is 60.1 Å². The number of carbonyl (C=O) groups excluding carboxylic acids is 1. The quantitative estimate of drug-likeness (QED) is 0.191. The SMILES string of the molecule is Cc1cc(C#N)nc2c1c1ccccc1n2Cc1ccc(C(C(=O)N[C@@H](CO)c2ccccc2)C2CCCCCC2)cc1. The first-order chi connectivity index (χ1) is 21.1. The van der Waals surface area contributed by atoms with E-state index in [1.165, 1.54) is 12.8 Å². The molecule has 1 saturated carbocycles. The number of nitrogens with one attached hydrogen (secondary N) is 1. The Morgan fingerprint density at radius 2 is 1.67 bits per heavy atom. The van der Waals surface area contributed by atoms with Crippen LogP contribution in [0.15, 0.2) is 84.9 Å². The number of aliphatic hydroxyl groups is 1. The summed E-state index contributed by atoms with van der Waals surface area (Å²) in [5, 5.41) is 25.1. The highest BCUT2D eigenvalue weighted by Gasteiger charge is 2.32. The molecule has 218 valence electrons. The maximum atomic E-state index is 14.0. The molecule has 6 nitrogen and oxygen atoms in total. The highest BCUT2D eigenvalue weighted by Crippen LogP contribution is 2.37. The molecule has 6 heteroatoms. The zero-order valence-corrected chi connectivity index (χ0v) is 24.7. The molecule has 0 spiro atoms. The molecule has 1 unspecified atom stereocenters. The molecule has 5 aromatic rings. The fourth-order valence-electron chi connectivity index (χ4n) is 6.91. The standard InChI is InChI=1S/C37H38N4O2/c1-25-21-30(22-38)39-36-34(25)31-15-9-10-16-33(31)41(36)23-26-17-19-29(20-18-26)35(28-13-5-2-3-6-14-28)37(43)40-32(24-42)27-11-7-4-8-12-27/h4,7-12,15-21,28,32,35,42H,2-3,5-6,13-14,23-24H2,1H3,(H,40,43)/t32-,35?/m0/s1. The first kappa shape index (κ1) is 28.6. The molecule has 2 heterocycles. The lowest BCUT2D eigenvalue weighted by molar-refractivity contribution is -0.125. The van der Waals surface area contributed by atoms with Gasteiger partial charge in [-0.3, -0.25) is 4.79 Å². The molecule has 0 aliphatic heterocycles. The Morgan fingerprint density at radius 3 is 2.37 bits per heavy atom. The second-order valence-corrected chi connectivity index (χ2v) is 11.9. The first-order valence-corrected chi connectivity index (χ1v) is 15.4. The summed E-state index contributed by atoms with van der Waals surface area (Å²) in [5.41, 5.74) is 6.38. The third kappa shape index (κ3) is 5.91. The molecular formula is C37H38N4O2. The van der Waals surface area contributed by atoms with E-state index in [4.69, 9.17) is 4.98 Å². The number of pyridine rings is 1. The number of hydrogen-bond acceptors (Lipinski definition) is 4. The zero-order chi connectivity index (χ0) is 29.8. The van der Waals surface area contributed by atoms with Gasteiger partial charge in [0.2, 0.25) is 5.91 Å². The van der Waals surface area contributed by atoms with Gasteiger partial charge in [0.05, 0.1) is 24.1 Å². The Kier molecular flexibility index (Phi) is 8.53. The summed E-state index contributed by atoms with van der Waals surface area (Å²) in [4.78, 5) is 18.7. The van der Waals surface area contributed by atoms with Gasteiger partial charge in [-0.2, -0.15) is 5.26 Å². The minimum Gasteiger partial charge on any atom is -0.394 e. The van der Waals surface area contributed by atoms with E-state index in [-0.39, 0.29) is 24.3 Å². The van der Waals surface area contributed by atoms with Crippen molar-refractivity contribution in [2.24, 2.45) is 5.92 Å². The number of aryl methyl sites for hydroxylation is 1. The number of aliphatic hydroxyl groups excluding tert-OH is 1. The van der Waals surface area contributed by atoms with Crippen LogP contribution in [0.3, 0.4) is 0 Å². The number of benzene rings is 3. The molecule has 43 heavy (non-hydrogen) atoms. The van der Waals surface area contributed by atoms with Crippen molar-refractivity contribution < 1.29 is 9.90 Å². The van der Waals surface area contributed by atoms with Gasteiger partial charge in [0.15, 0.2) is 0 Å². The van der Waals surface area contributed by atoms with E-state index in [9.17, 15) is 15.2 Å². The van der Waals surface area contributed by atoms with Gasteiger partial charge >= 0.3 is 0 Å². The molecule has 2 N–H and O–H groups in total. The number of nitrogens with zero attached hydrogens (tertiary/aromatic N) is 3. The number of rotatable bonds is 8.